The van der Waals surface area contributed by atoms with Crippen molar-refractivity contribution in [2.24, 2.45) is 5.92 Å². The van der Waals surface area contributed by atoms with E-state index in [4.69, 9.17) is 0 Å². The molecule has 0 spiro atoms. The molecule has 1 aromatic rings. The zero-order chi connectivity index (χ0) is 11.0. The van der Waals surface area contributed by atoms with E-state index in [9.17, 15) is 4.79 Å². The first-order valence-electron chi connectivity index (χ1n) is 6.20. The van der Waals surface area contributed by atoms with Crippen molar-refractivity contribution in [3.05, 3.63) is 35.4 Å². The summed E-state index contributed by atoms with van der Waals surface area (Å²) in [6.07, 6.45) is 5.39. The van der Waals surface area contributed by atoms with Crippen molar-refractivity contribution in [3.8, 4) is 0 Å². The van der Waals surface area contributed by atoms with Crippen LogP contribution >= 0.6 is 0 Å². The van der Waals surface area contributed by atoms with Crippen molar-refractivity contribution in [1.82, 2.24) is 5.32 Å². The predicted octanol–water partition coefficient (Wildman–Crippen LogP) is 2.07. The third-order valence-electron chi connectivity index (χ3n) is 3.64. The molecule has 2 aliphatic rings. The van der Waals surface area contributed by atoms with Crippen LogP contribution in [0, 0.1) is 5.92 Å². The summed E-state index contributed by atoms with van der Waals surface area (Å²) in [5.74, 6) is 0.613. The molecule has 1 saturated carbocycles. The van der Waals surface area contributed by atoms with E-state index < -0.39 is 0 Å². The zero-order valence-corrected chi connectivity index (χ0v) is 9.41. The summed E-state index contributed by atoms with van der Waals surface area (Å²) in [4.78, 5) is 11.7. The van der Waals surface area contributed by atoms with Gasteiger partial charge in [0.1, 0.15) is 0 Å². The molecule has 2 nitrogen and oxygen atoms in total. The van der Waals surface area contributed by atoms with E-state index in [2.05, 4.69) is 29.6 Å². The second kappa shape index (κ2) is 3.93. The van der Waals surface area contributed by atoms with Crippen LogP contribution in [-0.4, -0.2) is 11.9 Å². The van der Waals surface area contributed by atoms with E-state index in [0.29, 0.717) is 12.0 Å². The summed E-state index contributed by atoms with van der Waals surface area (Å²) in [7, 11) is 0. The maximum Gasteiger partial charge on any atom is 0.223 e. The first-order valence-corrected chi connectivity index (χ1v) is 6.20. The summed E-state index contributed by atoms with van der Waals surface area (Å²) in [5.41, 5.74) is 2.87. The highest BCUT2D eigenvalue weighted by atomic mass is 16.2. The number of fused-ring (bicyclic) bond motifs is 1. The summed E-state index contributed by atoms with van der Waals surface area (Å²) < 4.78 is 0. The van der Waals surface area contributed by atoms with Gasteiger partial charge < -0.3 is 5.32 Å². The smallest absolute Gasteiger partial charge is 0.223 e. The van der Waals surface area contributed by atoms with Crippen LogP contribution < -0.4 is 5.32 Å². The molecule has 1 fully saturated rings. The SMILES string of the molecule is O=C(N[C@@H]1CCc2ccccc2C1)C1CC1. The highest BCUT2D eigenvalue weighted by Gasteiger charge is 2.31. The first-order chi connectivity index (χ1) is 7.83. The van der Waals surface area contributed by atoms with E-state index in [0.717, 1.165) is 32.1 Å². The lowest BCUT2D eigenvalue weighted by Gasteiger charge is -2.25. The van der Waals surface area contributed by atoms with Gasteiger partial charge in [-0.2, -0.15) is 0 Å². The number of rotatable bonds is 2. The molecule has 1 aromatic carbocycles. The molecule has 0 saturated heterocycles. The minimum atomic E-state index is 0.282. The van der Waals surface area contributed by atoms with Crippen molar-refractivity contribution in [1.29, 1.82) is 0 Å². The van der Waals surface area contributed by atoms with Crippen LogP contribution in [-0.2, 0) is 17.6 Å². The number of amides is 1. The lowest BCUT2D eigenvalue weighted by molar-refractivity contribution is -0.123. The summed E-state index contributed by atoms with van der Waals surface area (Å²) in [5, 5.41) is 3.18. The third-order valence-corrected chi connectivity index (χ3v) is 3.64. The Morgan fingerprint density at radius 1 is 1.12 bits per heavy atom. The van der Waals surface area contributed by atoms with Gasteiger partial charge in [-0.15, -0.1) is 0 Å². The van der Waals surface area contributed by atoms with Crippen LogP contribution in [0.1, 0.15) is 30.4 Å². The van der Waals surface area contributed by atoms with E-state index in [1.165, 1.54) is 11.1 Å². The summed E-state index contributed by atoms with van der Waals surface area (Å²) >= 11 is 0. The Morgan fingerprint density at radius 2 is 1.88 bits per heavy atom. The lowest BCUT2D eigenvalue weighted by Crippen LogP contribution is -2.39. The summed E-state index contributed by atoms with van der Waals surface area (Å²) in [6.45, 7) is 0. The van der Waals surface area contributed by atoms with Gasteiger partial charge in [0, 0.05) is 12.0 Å². The Morgan fingerprint density at radius 3 is 2.62 bits per heavy atom. The van der Waals surface area contributed by atoms with Crippen molar-refractivity contribution in [2.45, 2.75) is 38.1 Å². The van der Waals surface area contributed by atoms with Crippen molar-refractivity contribution < 1.29 is 4.79 Å². The molecule has 0 bridgehead atoms. The second-order valence-corrected chi connectivity index (χ2v) is 4.99. The maximum absolute atomic E-state index is 11.7. The van der Waals surface area contributed by atoms with Crippen LogP contribution in [0.5, 0.6) is 0 Å². The average Bonchev–Trinajstić information content (AvgIpc) is 3.12. The number of nitrogens with one attached hydrogen (secondary N) is 1. The van der Waals surface area contributed by atoms with Crippen LogP contribution in [0.15, 0.2) is 24.3 Å². The van der Waals surface area contributed by atoms with Gasteiger partial charge in [-0.25, -0.2) is 0 Å². The molecule has 16 heavy (non-hydrogen) atoms. The predicted molar refractivity (Wildman–Crippen MR) is 63.1 cm³/mol. The molecule has 2 heteroatoms. The van der Waals surface area contributed by atoms with Crippen LogP contribution in [0.3, 0.4) is 0 Å². The maximum atomic E-state index is 11.7. The van der Waals surface area contributed by atoms with Crippen molar-refractivity contribution in [2.75, 3.05) is 0 Å². The molecule has 0 radical (unpaired) electrons. The van der Waals surface area contributed by atoms with Gasteiger partial charge in [0.2, 0.25) is 5.91 Å². The summed E-state index contributed by atoms with van der Waals surface area (Å²) in [6, 6.07) is 8.94. The Balaban J connectivity index is 1.65. The van der Waals surface area contributed by atoms with Gasteiger partial charge in [0.25, 0.3) is 0 Å². The minimum Gasteiger partial charge on any atom is -0.353 e. The number of carbonyl (C=O) groups is 1. The van der Waals surface area contributed by atoms with Gasteiger partial charge in [0.15, 0.2) is 0 Å². The third kappa shape index (κ3) is 1.97. The molecule has 84 valence electrons. The largest absolute Gasteiger partial charge is 0.353 e. The number of hydrogen-bond acceptors (Lipinski definition) is 1. The van der Waals surface area contributed by atoms with Crippen molar-refractivity contribution in [3.63, 3.8) is 0 Å². The van der Waals surface area contributed by atoms with Crippen molar-refractivity contribution >= 4 is 5.91 Å². The average molecular weight is 215 g/mol. The topological polar surface area (TPSA) is 29.1 Å². The zero-order valence-electron chi connectivity index (χ0n) is 9.41. The highest BCUT2D eigenvalue weighted by Crippen LogP contribution is 2.29. The fourth-order valence-electron chi connectivity index (χ4n) is 2.49. The fraction of sp³-hybridized carbons (Fsp3) is 0.500. The minimum absolute atomic E-state index is 0.282. The van der Waals surface area contributed by atoms with E-state index in [1.807, 2.05) is 0 Å². The number of carbonyl (C=O) groups excluding carboxylic acids is 1. The number of benzene rings is 1. The quantitative estimate of drug-likeness (QED) is 0.804. The van der Waals surface area contributed by atoms with E-state index >= 15 is 0 Å². The molecule has 1 atom stereocenters. The van der Waals surface area contributed by atoms with Gasteiger partial charge in [-0.3, -0.25) is 4.79 Å². The second-order valence-electron chi connectivity index (χ2n) is 4.99. The fourth-order valence-corrected chi connectivity index (χ4v) is 2.49. The Labute approximate surface area is 96.1 Å². The molecular formula is C14H17NO. The van der Waals surface area contributed by atoms with Crippen LogP contribution in [0.2, 0.25) is 0 Å². The molecule has 0 heterocycles. The highest BCUT2D eigenvalue weighted by molar-refractivity contribution is 5.81. The van der Waals surface area contributed by atoms with Crippen LogP contribution in [0.4, 0.5) is 0 Å². The normalized spacial score (nSPS) is 23.6. The molecule has 1 amide bonds. The Kier molecular flexibility index (Phi) is 2.43. The van der Waals surface area contributed by atoms with E-state index in [-0.39, 0.29) is 5.91 Å². The monoisotopic (exact) mass is 215 g/mol. The van der Waals surface area contributed by atoms with Gasteiger partial charge in [0.05, 0.1) is 0 Å². The molecule has 3 rings (SSSR count). The Hall–Kier alpha value is -1.31. The lowest BCUT2D eigenvalue weighted by atomic mass is 9.88. The molecule has 0 aromatic heterocycles. The number of hydrogen-bond donors (Lipinski definition) is 1. The molecular weight excluding hydrogens is 198 g/mol. The standard InChI is InChI=1S/C14H17NO/c16-14(11-5-6-11)15-13-8-7-10-3-1-2-4-12(10)9-13/h1-4,11,13H,5-9H2,(H,15,16)/t13-/m1/s1. The van der Waals surface area contributed by atoms with Gasteiger partial charge in [-0.1, -0.05) is 24.3 Å². The first kappa shape index (κ1) is 9.88. The molecule has 0 unspecified atom stereocenters. The molecule has 2 aliphatic carbocycles. The van der Waals surface area contributed by atoms with Crippen LogP contribution in [0.25, 0.3) is 0 Å². The Bertz CT molecular complexity index is 409. The van der Waals surface area contributed by atoms with E-state index in [1.54, 1.807) is 0 Å². The number of aryl methyl sites for hydroxylation is 1. The molecule has 0 aliphatic heterocycles. The van der Waals surface area contributed by atoms with Gasteiger partial charge in [-0.05, 0) is 43.2 Å². The molecule has 1 N–H and O–H groups in total. The van der Waals surface area contributed by atoms with Gasteiger partial charge >= 0.3 is 0 Å².